The number of hydrogen-bond donors (Lipinski definition) is 1. The summed E-state index contributed by atoms with van der Waals surface area (Å²) in [6.07, 6.45) is 23.3. The molecular weight excluding hydrogens is 292 g/mol. The second-order valence-electron chi connectivity index (χ2n) is 7.00. The van der Waals surface area contributed by atoms with Crippen molar-refractivity contribution in [3.8, 4) is 5.75 Å². The van der Waals surface area contributed by atoms with Crippen LogP contribution < -0.4 is 0 Å². The number of phenolic OH excluding ortho intramolecular Hbond substituents is 1. The van der Waals surface area contributed by atoms with Gasteiger partial charge in [0.05, 0.1) is 0 Å². The molecule has 0 unspecified atom stereocenters. The van der Waals surface area contributed by atoms with Crippen LogP contribution in [0.1, 0.15) is 96.0 Å². The fourth-order valence-corrected chi connectivity index (χ4v) is 3.11. The molecule has 0 aliphatic heterocycles. The van der Waals surface area contributed by atoms with Crippen LogP contribution >= 0.6 is 0 Å². The van der Waals surface area contributed by atoms with Crippen LogP contribution in [0.3, 0.4) is 0 Å². The van der Waals surface area contributed by atoms with E-state index in [0.717, 1.165) is 6.42 Å². The van der Waals surface area contributed by atoms with Gasteiger partial charge in [-0.25, -0.2) is 0 Å². The van der Waals surface area contributed by atoms with E-state index in [-0.39, 0.29) is 0 Å². The van der Waals surface area contributed by atoms with Crippen molar-refractivity contribution in [3.05, 3.63) is 42.0 Å². The molecule has 0 spiro atoms. The molecule has 1 aromatic rings. The molecule has 0 aromatic heterocycles. The third-order valence-corrected chi connectivity index (χ3v) is 4.64. The molecule has 0 fully saturated rings. The molecule has 1 heteroatoms. The quantitative estimate of drug-likeness (QED) is 0.259. The Morgan fingerprint density at radius 3 is 1.96 bits per heavy atom. The van der Waals surface area contributed by atoms with Gasteiger partial charge in [-0.3, -0.25) is 0 Å². The lowest BCUT2D eigenvalue weighted by atomic mass is 10.0. The summed E-state index contributed by atoms with van der Waals surface area (Å²) in [4.78, 5) is 0. The van der Waals surface area contributed by atoms with Gasteiger partial charge in [0.15, 0.2) is 0 Å². The second kappa shape index (κ2) is 15.3. The highest BCUT2D eigenvalue weighted by Gasteiger charge is 1.96. The summed E-state index contributed by atoms with van der Waals surface area (Å²) < 4.78 is 0. The first-order chi connectivity index (χ1) is 11.8. The lowest BCUT2D eigenvalue weighted by molar-refractivity contribution is 0.474. The number of unbranched alkanes of at least 4 members (excludes halogenated alkanes) is 11. The Morgan fingerprint density at radius 2 is 1.33 bits per heavy atom. The summed E-state index contributed by atoms with van der Waals surface area (Å²) in [5.41, 5.74) is 1.26. The molecule has 24 heavy (non-hydrogen) atoms. The van der Waals surface area contributed by atoms with Gasteiger partial charge in [0.2, 0.25) is 0 Å². The van der Waals surface area contributed by atoms with E-state index < -0.39 is 0 Å². The van der Waals surface area contributed by atoms with E-state index >= 15 is 0 Å². The number of allylic oxidation sites excluding steroid dienone is 2. The maximum atomic E-state index is 9.43. The first-order valence-electron chi connectivity index (χ1n) is 10.3. The summed E-state index contributed by atoms with van der Waals surface area (Å²) >= 11 is 0. The Labute approximate surface area is 150 Å². The summed E-state index contributed by atoms with van der Waals surface area (Å²) in [6, 6.07) is 7.67. The number of phenols is 1. The third-order valence-electron chi connectivity index (χ3n) is 4.64. The predicted octanol–water partition coefficient (Wildman–Crippen LogP) is 7.58. The molecule has 0 aliphatic carbocycles. The van der Waals surface area contributed by atoms with Gasteiger partial charge in [-0.2, -0.15) is 0 Å². The monoisotopic (exact) mass is 330 g/mol. The lowest BCUT2D eigenvalue weighted by Crippen LogP contribution is -1.86. The van der Waals surface area contributed by atoms with Crippen LogP contribution in [-0.2, 0) is 6.42 Å². The van der Waals surface area contributed by atoms with Gasteiger partial charge in [-0.05, 0) is 56.2 Å². The highest BCUT2D eigenvalue weighted by atomic mass is 16.3. The normalized spacial score (nSPS) is 11.4. The molecule has 1 N–H and O–H groups in total. The van der Waals surface area contributed by atoms with Gasteiger partial charge in [0.25, 0.3) is 0 Å². The van der Waals surface area contributed by atoms with Crippen molar-refractivity contribution in [3.63, 3.8) is 0 Å². The fourth-order valence-electron chi connectivity index (χ4n) is 3.11. The van der Waals surface area contributed by atoms with Crippen molar-refractivity contribution in [1.82, 2.24) is 0 Å². The van der Waals surface area contributed by atoms with Gasteiger partial charge < -0.3 is 5.11 Å². The second-order valence-corrected chi connectivity index (χ2v) is 7.00. The third kappa shape index (κ3) is 12.2. The van der Waals surface area contributed by atoms with Gasteiger partial charge >= 0.3 is 0 Å². The van der Waals surface area contributed by atoms with Crippen LogP contribution in [0.4, 0.5) is 0 Å². The van der Waals surface area contributed by atoms with E-state index in [1.807, 2.05) is 12.1 Å². The van der Waals surface area contributed by atoms with Gasteiger partial charge in [-0.15, -0.1) is 0 Å². The average molecular weight is 331 g/mol. The standard InChI is InChI=1S/C23H38O/c1-2-3-4-5-6-7-8-9-10-11-12-13-14-15-16-18-22-19-17-20-23(24)21-22/h7-8,17,19-21,24H,2-6,9-16,18H2,1H3/b8-7+. The van der Waals surface area contributed by atoms with E-state index in [1.54, 1.807) is 6.07 Å². The van der Waals surface area contributed by atoms with Crippen LogP contribution in [0.25, 0.3) is 0 Å². The Bertz CT molecular complexity index is 422. The fraction of sp³-hybridized carbons (Fsp3) is 0.652. The Balaban J connectivity index is 1.81. The molecule has 0 saturated carbocycles. The zero-order chi connectivity index (χ0) is 17.3. The number of aryl methyl sites for hydroxylation is 1. The van der Waals surface area contributed by atoms with Crippen LogP contribution in [0.5, 0.6) is 5.75 Å². The number of benzene rings is 1. The van der Waals surface area contributed by atoms with Crippen LogP contribution in [0.2, 0.25) is 0 Å². The van der Waals surface area contributed by atoms with Gasteiger partial charge in [0, 0.05) is 0 Å². The minimum atomic E-state index is 0.391. The van der Waals surface area contributed by atoms with Crippen molar-refractivity contribution in [2.24, 2.45) is 0 Å². The van der Waals surface area contributed by atoms with Gasteiger partial charge in [-0.1, -0.05) is 82.6 Å². The Morgan fingerprint density at radius 1 is 0.750 bits per heavy atom. The highest BCUT2D eigenvalue weighted by Crippen LogP contribution is 2.15. The van der Waals surface area contributed by atoms with Crippen LogP contribution in [0, 0.1) is 0 Å². The zero-order valence-corrected chi connectivity index (χ0v) is 15.8. The molecule has 0 radical (unpaired) electrons. The molecule has 0 atom stereocenters. The van der Waals surface area contributed by atoms with E-state index in [1.165, 1.54) is 89.0 Å². The molecule has 1 aromatic carbocycles. The number of aromatic hydroxyl groups is 1. The Kier molecular flexibility index (Phi) is 13.3. The first-order valence-corrected chi connectivity index (χ1v) is 10.3. The van der Waals surface area contributed by atoms with Crippen molar-refractivity contribution >= 4 is 0 Å². The average Bonchev–Trinajstić information content (AvgIpc) is 2.58. The topological polar surface area (TPSA) is 20.2 Å². The summed E-state index contributed by atoms with van der Waals surface area (Å²) in [7, 11) is 0. The lowest BCUT2D eigenvalue weighted by Gasteiger charge is -2.03. The van der Waals surface area contributed by atoms with Gasteiger partial charge in [0.1, 0.15) is 5.75 Å². The van der Waals surface area contributed by atoms with Crippen molar-refractivity contribution in [2.45, 2.75) is 96.8 Å². The predicted molar refractivity (Wildman–Crippen MR) is 107 cm³/mol. The van der Waals surface area contributed by atoms with Crippen LogP contribution in [0.15, 0.2) is 36.4 Å². The Hall–Kier alpha value is -1.24. The van der Waals surface area contributed by atoms with E-state index in [2.05, 4.69) is 25.1 Å². The maximum absolute atomic E-state index is 9.43. The van der Waals surface area contributed by atoms with E-state index in [9.17, 15) is 5.11 Å². The molecule has 0 saturated heterocycles. The van der Waals surface area contributed by atoms with Crippen LogP contribution in [-0.4, -0.2) is 5.11 Å². The molecule has 0 aliphatic rings. The molecule has 0 heterocycles. The molecule has 1 nitrogen and oxygen atoms in total. The van der Waals surface area contributed by atoms with Crippen molar-refractivity contribution in [2.75, 3.05) is 0 Å². The number of hydrogen-bond acceptors (Lipinski definition) is 1. The molecule has 0 amide bonds. The largest absolute Gasteiger partial charge is 0.508 e. The summed E-state index contributed by atoms with van der Waals surface area (Å²) in [6.45, 7) is 2.27. The van der Waals surface area contributed by atoms with E-state index in [0.29, 0.717) is 5.75 Å². The molecule has 1 rings (SSSR count). The molecular formula is C23H38O. The van der Waals surface area contributed by atoms with Crippen molar-refractivity contribution in [1.29, 1.82) is 0 Å². The highest BCUT2D eigenvalue weighted by molar-refractivity contribution is 5.27. The summed E-state index contributed by atoms with van der Waals surface area (Å²) in [5, 5.41) is 9.43. The summed E-state index contributed by atoms with van der Waals surface area (Å²) in [5.74, 6) is 0.391. The van der Waals surface area contributed by atoms with Crippen molar-refractivity contribution < 1.29 is 5.11 Å². The van der Waals surface area contributed by atoms with E-state index in [4.69, 9.17) is 0 Å². The maximum Gasteiger partial charge on any atom is 0.115 e. The minimum Gasteiger partial charge on any atom is -0.508 e. The first kappa shape index (κ1) is 20.8. The smallest absolute Gasteiger partial charge is 0.115 e. The number of rotatable bonds is 15. The zero-order valence-electron chi connectivity index (χ0n) is 15.8. The molecule has 136 valence electrons. The molecule has 0 bridgehead atoms. The minimum absolute atomic E-state index is 0.391. The SMILES string of the molecule is CCCCCC/C=C/CCCCCCCCCc1cccc(O)c1.